The summed E-state index contributed by atoms with van der Waals surface area (Å²) < 4.78 is 7.43. The Kier molecular flexibility index (Phi) is 6.18. The molecule has 0 radical (unpaired) electrons. The lowest BCUT2D eigenvalue weighted by atomic mass is 10.1. The number of aryl methyl sites for hydroxylation is 1. The largest absolute Gasteiger partial charge is 0.497 e. The third-order valence-corrected chi connectivity index (χ3v) is 5.21. The monoisotopic (exact) mass is 493 g/mol. The van der Waals surface area contributed by atoms with E-state index in [2.05, 4.69) is 36.6 Å². The summed E-state index contributed by atoms with van der Waals surface area (Å²) in [6, 6.07) is 14.4. The maximum Gasteiger partial charge on any atom is 0.256 e. The fourth-order valence-electron chi connectivity index (χ4n) is 3.25. The summed E-state index contributed by atoms with van der Waals surface area (Å²) in [6.45, 7) is 1.85. The SMILES string of the molecule is COc1ccc(NC(=O)Cn2cc(NC(=O)c3cc(C)nc4ccc(Br)cc34)cn2)cc1. The zero-order valence-corrected chi connectivity index (χ0v) is 19.0. The number of benzene rings is 2. The molecule has 2 amide bonds. The predicted octanol–water partition coefficient (Wildman–Crippen LogP) is 4.40. The van der Waals surface area contributed by atoms with Crippen LogP contribution < -0.4 is 15.4 Å². The third kappa shape index (κ3) is 4.94. The van der Waals surface area contributed by atoms with E-state index in [4.69, 9.17) is 4.74 Å². The van der Waals surface area contributed by atoms with Crippen molar-refractivity contribution in [3.8, 4) is 5.75 Å². The van der Waals surface area contributed by atoms with Crippen molar-refractivity contribution in [2.45, 2.75) is 13.5 Å². The maximum absolute atomic E-state index is 12.9. The van der Waals surface area contributed by atoms with Gasteiger partial charge in [-0.15, -0.1) is 0 Å². The highest BCUT2D eigenvalue weighted by molar-refractivity contribution is 9.10. The van der Waals surface area contributed by atoms with Gasteiger partial charge in [0.2, 0.25) is 5.91 Å². The van der Waals surface area contributed by atoms with Gasteiger partial charge in [-0.2, -0.15) is 5.10 Å². The Balaban J connectivity index is 1.44. The standard InChI is InChI=1S/C23H20BrN5O3/c1-14-9-20(19-10-15(24)3-8-21(19)26-14)23(31)28-17-11-25-29(12-17)13-22(30)27-16-4-6-18(32-2)7-5-16/h3-12H,13H2,1-2H3,(H,27,30)(H,28,31). The number of pyridine rings is 1. The van der Waals surface area contributed by atoms with Gasteiger partial charge in [-0.25, -0.2) is 0 Å². The third-order valence-electron chi connectivity index (χ3n) is 4.71. The quantitative estimate of drug-likeness (QED) is 0.414. The van der Waals surface area contributed by atoms with Crippen molar-refractivity contribution in [3.05, 3.63) is 76.7 Å². The molecule has 0 aliphatic heterocycles. The zero-order chi connectivity index (χ0) is 22.7. The molecule has 162 valence electrons. The Hall–Kier alpha value is -3.72. The molecule has 4 rings (SSSR count). The Morgan fingerprint density at radius 3 is 2.59 bits per heavy atom. The normalized spacial score (nSPS) is 10.7. The van der Waals surface area contributed by atoms with Crippen LogP contribution in [0.4, 0.5) is 11.4 Å². The molecule has 0 saturated carbocycles. The molecule has 0 atom stereocenters. The second kappa shape index (κ2) is 9.19. The summed E-state index contributed by atoms with van der Waals surface area (Å²) in [5.41, 5.74) is 3.14. The Labute approximate surface area is 192 Å². The molecule has 0 spiro atoms. The molecule has 8 nitrogen and oxygen atoms in total. The number of halogens is 1. The van der Waals surface area contributed by atoms with Crippen molar-refractivity contribution in [1.29, 1.82) is 0 Å². The van der Waals surface area contributed by atoms with Crippen molar-refractivity contribution >= 4 is 50.0 Å². The number of anilines is 2. The summed E-state index contributed by atoms with van der Waals surface area (Å²) in [5.74, 6) is 0.192. The summed E-state index contributed by atoms with van der Waals surface area (Å²) in [5, 5.41) is 10.5. The molecule has 32 heavy (non-hydrogen) atoms. The Morgan fingerprint density at radius 1 is 1.06 bits per heavy atom. The summed E-state index contributed by atoms with van der Waals surface area (Å²) in [7, 11) is 1.58. The summed E-state index contributed by atoms with van der Waals surface area (Å²) in [6.07, 6.45) is 3.11. The number of methoxy groups -OCH3 is 1. The first kappa shape index (κ1) is 21.5. The van der Waals surface area contributed by atoms with Crippen molar-refractivity contribution < 1.29 is 14.3 Å². The van der Waals surface area contributed by atoms with E-state index >= 15 is 0 Å². The molecule has 2 aromatic heterocycles. The number of fused-ring (bicyclic) bond motifs is 1. The number of amides is 2. The van der Waals surface area contributed by atoms with Gasteiger partial charge in [-0.05, 0) is 55.5 Å². The van der Waals surface area contributed by atoms with Gasteiger partial charge < -0.3 is 15.4 Å². The average Bonchev–Trinajstić information content (AvgIpc) is 3.20. The molecule has 4 aromatic rings. The number of carbonyl (C=O) groups is 2. The Bertz CT molecular complexity index is 1300. The van der Waals surface area contributed by atoms with Gasteiger partial charge in [-0.1, -0.05) is 15.9 Å². The van der Waals surface area contributed by atoms with E-state index in [1.165, 1.54) is 10.9 Å². The van der Waals surface area contributed by atoms with Gasteiger partial charge in [0.15, 0.2) is 0 Å². The van der Waals surface area contributed by atoms with Crippen LogP contribution in [0.5, 0.6) is 5.75 Å². The number of nitrogens with one attached hydrogen (secondary N) is 2. The van der Waals surface area contributed by atoms with Crippen molar-refractivity contribution in [3.63, 3.8) is 0 Å². The first-order chi connectivity index (χ1) is 15.4. The van der Waals surface area contributed by atoms with Crippen LogP contribution in [0.2, 0.25) is 0 Å². The van der Waals surface area contributed by atoms with E-state index in [-0.39, 0.29) is 18.4 Å². The van der Waals surface area contributed by atoms with Crippen molar-refractivity contribution in [2.75, 3.05) is 17.7 Å². The molecule has 0 fully saturated rings. The fraction of sp³-hybridized carbons (Fsp3) is 0.130. The number of aromatic nitrogens is 3. The van der Waals surface area contributed by atoms with Crippen LogP contribution in [-0.4, -0.2) is 33.7 Å². The van der Waals surface area contributed by atoms with Crippen LogP contribution in [0.25, 0.3) is 10.9 Å². The fourth-order valence-corrected chi connectivity index (χ4v) is 3.61. The second-order valence-corrected chi connectivity index (χ2v) is 8.05. The minimum Gasteiger partial charge on any atom is -0.497 e. The number of nitrogens with zero attached hydrogens (tertiary/aromatic N) is 3. The minimum atomic E-state index is -0.277. The summed E-state index contributed by atoms with van der Waals surface area (Å²) in [4.78, 5) is 29.7. The van der Waals surface area contributed by atoms with Gasteiger partial charge in [-0.3, -0.25) is 19.3 Å². The van der Waals surface area contributed by atoms with E-state index < -0.39 is 0 Å². The van der Waals surface area contributed by atoms with Crippen molar-refractivity contribution in [2.24, 2.45) is 0 Å². The van der Waals surface area contributed by atoms with E-state index in [1.807, 2.05) is 25.1 Å². The van der Waals surface area contributed by atoms with Crippen LogP contribution >= 0.6 is 15.9 Å². The molecule has 2 heterocycles. The first-order valence-corrected chi connectivity index (χ1v) is 10.6. The number of hydrogen-bond acceptors (Lipinski definition) is 5. The van der Waals surface area contributed by atoms with Crippen LogP contribution in [0, 0.1) is 6.92 Å². The molecule has 0 aliphatic rings. The molecule has 9 heteroatoms. The maximum atomic E-state index is 12.9. The highest BCUT2D eigenvalue weighted by atomic mass is 79.9. The van der Waals surface area contributed by atoms with Crippen LogP contribution in [-0.2, 0) is 11.3 Å². The highest BCUT2D eigenvalue weighted by Gasteiger charge is 2.14. The van der Waals surface area contributed by atoms with Gasteiger partial charge in [0.1, 0.15) is 12.3 Å². The van der Waals surface area contributed by atoms with Crippen LogP contribution in [0.15, 0.2) is 65.4 Å². The van der Waals surface area contributed by atoms with Gasteiger partial charge in [0, 0.05) is 27.4 Å². The lowest BCUT2D eigenvalue weighted by molar-refractivity contribution is -0.116. The van der Waals surface area contributed by atoms with Gasteiger partial charge >= 0.3 is 0 Å². The van der Waals surface area contributed by atoms with E-state index in [9.17, 15) is 9.59 Å². The molecule has 2 N–H and O–H groups in total. The zero-order valence-electron chi connectivity index (χ0n) is 17.4. The number of rotatable bonds is 6. The van der Waals surface area contributed by atoms with E-state index in [0.29, 0.717) is 22.7 Å². The van der Waals surface area contributed by atoms with E-state index in [0.717, 1.165) is 21.1 Å². The minimum absolute atomic E-state index is 0.00609. The molecule has 0 bridgehead atoms. The molecule has 0 unspecified atom stereocenters. The smallest absolute Gasteiger partial charge is 0.256 e. The first-order valence-electron chi connectivity index (χ1n) is 9.76. The average molecular weight is 494 g/mol. The van der Waals surface area contributed by atoms with Gasteiger partial charge in [0.05, 0.1) is 30.1 Å². The van der Waals surface area contributed by atoms with E-state index in [1.54, 1.807) is 43.6 Å². The molecular weight excluding hydrogens is 474 g/mol. The van der Waals surface area contributed by atoms with Crippen LogP contribution in [0.3, 0.4) is 0 Å². The van der Waals surface area contributed by atoms with Crippen molar-refractivity contribution in [1.82, 2.24) is 14.8 Å². The number of carbonyl (C=O) groups excluding carboxylic acids is 2. The molecule has 2 aromatic carbocycles. The highest BCUT2D eigenvalue weighted by Crippen LogP contribution is 2.24. The molecule has 0 saturated heterocycles. The van der Waals surface area contributed by atoms with Gasteiger partial charge in [0.25, 0.3) is 5.91 Å². The molecule has 0 aliphatic carbocycles. The topological polar surface area (TPSA) is 98.1 Å². The lowest BCUT2D eigenvalue weighted by Gasteiger charge is -2.08. The van der Waals surface area contributed by atoms with Crippen LogP contribution in [0.1, 0.15) is 16.1 Å². The molecular formula is C23H20BrN5O3. The summed E-state index contributed by atoms with van der Waals surface area (Å²) >= 11 is 3.44. The number of hydrogen-bond donors (Lipinski definition) is 2. The second-order valence-electron chi connectivity index (χ2n) is 7.13. The number of ether oxygens (including phenoxy) is 1. The lowest BCUT2D eigenvalue weighted by Crippen LogP contribution is -2.19. The predicted molar refractivity (Wildman–Crippen MR) is 126 cm³/mol. The Morgan fingerprint density at radius 2 is 1.84 bits per heavy atom.